The molecule has 0 aromatic heterocycles. The van der Waals surface area contributed by atoms with Gasteiger partial charge in [-0.05, 0) is 43.9 Å². The molecule has 0 amide bonds. The number of rotatable bonds is 8. The van der Waals surface area contributed by atoms with E-state index in [1.54, 1.807) is 18.2 Å². The Labute approximate surface area is 120 Å². The van der Waals surface area contributed by atoms with Crippen LogP contribution in [0.4, 0.5) is 4.39 Å². The van der Waals surface area contributed by atoms with Gasteiger partial charge in [-0.2, -0.15) is 0 Å². The van der Waals surface area contributed by atoms with Crippen LogP contribution in [0.2, 0.25) is 5.02 Å². The van der Waals surface area contributed by atoms with E-state index in [4.69, 9.17) is 18.0 Å². The maximum absolute atomic E-state index is 13.9. The second kappa shape index (κ2) is 8.96. The third-order valence-electron chi connectivity index (χ3n) is 3.05. The standard InChI is InChI=1S/C16H21ClFN/c1-3-5-6-9-14(19-11-4-2)12-13-8-7-10-15(17)16(13)18/h1,7-8,10,14,19H,4-6,9,11-12H2,2H3. The fourth-order valence-electron chi connectivity index (χ4n) is 2.05. The van der Waals surface area contributed by atoms with Gasteiger partial charge in [-0.25, -0.2) is 4.39 Å². The first kappa shape index (κ1) is 16.0. The van der Waals surface area contributed by atoms with E-state index < -0.39 is 0 Å². The SMILES string of the molecule is C#CCCCC(Cc1cccc(Cl)c1F)NCCC. The number of hydrogen-bond acceptors (Lipinski definition) is 1. The van der Waals surface area contributed by atoms with Crippen molar-refractivity contribution < 1.29 is 4.39 Å². The molecular weight excluding hydrogens is 261 g/mol. The summed E-state index contributed by atoms with van der Waals surface area (Å²) in [5, 5.41) is 3.64. The highest BCUT2D eigenvalue weighted by molar-refractivity contribution is 6.30. The van der Waals surface area contributed by atoms with Crippen molar-refractivity contribution in [2.45, 2.75) is 45.1 Å². The molecule has 104 valence electrons. The normalized spacial score (nSPS) is 12.1. The molecule has 0 saturated carbocycles. The second-order valence-corrected chi connectivity index (χ2v) is 5.07. The number of hydrogen-bond donors (Lipinski definition) is 1. The summed E-state index contributed by atoms with van der Waals surface area (Å²) in [5.74, 6) is 2.34. The van der Waals surface area contributed by atoms with E-state index in [-0.39, 0.29) is 16.9 Å². The lowest BCUT2D eigenvalue weighted by Gasteiger charge is -2.18. The van der Waals surface area contributed by atoms with E-state index in [9.17, 15) is 4.39 Å². The average Bonchev–Trinajstić information content (AvgIpc) is 2.41. The lowest BCUT2D eigenvalue weighted by atomic mass is 10.0. The number of benzene rings is 1. The molecule has 1 unspecified atom stereocenters. The third kappa shape index (κ3) is 5.63. The Morgan fingerprint density at radius 3 is 2.95 bits per heavy atom. The molecule has 0 spiro atoms. The van der Waals surface area contributed by atoms with Gasteiger partial charge in [-0.15, -0.1) is 12.3 Å². The molecule has 0 aliphatic rings. The highest BCUT2D eigenvalue weighted by Gasteiger charge is 2.13. The van der Waals surface area contributed by atoms with E-state index in [1.165, 1.54) is 0 Å². The van der Waals surface area contributed by atoms with Crippen LogP contribution < -0.4 is 5.32 Å². The number of terminal acetylenes is 1. The molecule has 1 aromatic carbocycles. The predicted molar refractivity (Wildman–Crippen MR) is 79.9 cm³/mol. The van der Waals surface area contributed by atoms with Crippen molar-refractivity contribution in [1.29, 1.82) is 0 Å². The summed E-state index contributed by atoms with van der Waals surface area (Å²) in [6.07, 6.45) is 9.65. The van der Waals surface area contributed by atoms with Gasteiger partial charge in [0.05, 0.1) is 5.02 Å². The zero-order chi connectivity index (χ0) is 14.1. The van der Waals surface area contributed by atoms with Crippen molar-refractivity contribution >= 4 is 11.6 Å². The summed E-state index contributed by atoms with van der Waals surface area (Å²) in [5.41, 5.74) is 0.668. The van der Waals surface area contributed by atoms with Crippen molar-refractivity contribution in [3.8, 4) is 12.3 Å². The quantitative estimate of drug-likeness (QED) is 0.556. The Hall–Kier alpha value is -1.04. The summed E-state index contributed by atoms with van der Waals surface area (Å²) < 4.78 is 13.9. The van der Waals surface area contributed by atoms with Crippen molar-refractivity contribution in [1.82, 2.24) is 5.32 Å². The van der Waals surface area contributed by atoms with Gasteiger partial charge in [-0.3, -0.25) is 0 Å². The molecule has 19 heavy (non-hydrogen) atoms. The van der Waals surface area contributed by atoms with Crippen molar-refractivity contribution in [2.24, 2.45) is 0 Å². The summed E-state index contributed by atoms with van der Waals surface area (Å²) in [7, 11) is 0. The monoisotopic (exact) mass is 281 g/mol. The molecule has 0 aliphatic heterocycles. The first-order valence-corrected chi connectivity index (χ1v) is 7.16. The first-order chi connectivity index (χ1) is 9.19. The smallest absolute Gasteiger partial charge is 0.145 e. The maximum Gasteiger partial charge on any atom is 0.145 e. The average molecular weight is 282 g/mol. The fourth-order valence-corrected chi connectivity index (χ4v) is 2.24. The maximum atomic E-state index is 13.9. The van der Waals surface area contributed by atoms with Crippen LogP contribution in [0.3, 0.4) is 0 Å². The molecule has 3 heteroatoms. The molecule has 1 atom stereocenters. The fraction of sp³-hybridized carbons (Fsp3) is 0.500. The largest absolute Gasteiger partial charge is 0.314 e. The lowest BCUT2D eigenvalue weighted by Crippen LogP contribution is -2.32. The molecule has 0 fully saturated rings. The molecule has 0 aliphatic carbocycles. The van der Waals surface area contributed by atoms with E-state index in [0.717, 1.165) is 32.2 Å². The van der Waals surface area contributed by atoms with E-state index in [2.05, 4.69) is 18.2 Å². The van der Waals surface area contributed by atoms with Crippen LogP contribution >= 0.6 is 11.6 Å². The molecule has 1 rings (SSSR count). The molecule has 0 saturated heterocycles. The minimum Gasteiger partial charge on any atom is -0.314 e. The van der Waals surface area contributed by atoms with Crippen LogP contribution in [0.1, 0.15) is 38.2 Å². The summed E-state index contributed by atoms with van der Waals surface area (Å²) >= 11 is 5.81. The van der Waals surface area contributed by atoms with Gasteiger partial charge < -0.3 is 5.32 Å². The van der Waals surface area contributed by atoms with Crippen LogP contribution in [-0.2, 0) is 6.42 Å². The molecule has 0 heterocycles. The Balaban J connectivity index is 2.64. The highest BCUT2D eigenvalue weighted by Crippen LogP contribution is 2.20. The van der Waals surface area contributed by atoms with Crippen LogP contribution in [0.5, 0.6) is 0 Å². The number of halogens is 2. The number of nitrogens with one attached hydrogen (secondary N) is 1. The minimum absolute atomic E-state index is 0.190. The molecular formula is C16H21ClFN. The van der Waals surface area contributed by atoms with Crippen molar-refractivity contribution in [2.75, 3.05) is 6.54 Å². The summed E-state index contributed by atoms with van der Waals surface area (Å²) in [4.78, 5) is 0. The van der Waals surface area contributed by atoms with Crippen LogP contribution in [0.25, 0.3) is 0 Å². The van der Waals surface area contributed by atoms with Gasteiger partial charge >= 0.3 is 0 Å². The van der Waals surface area contributed by atoms with E-state index >= 15 is 0 Å². The van der Waals surface area contributed by atoms with Gasteiger partial charge in [0.15, 0.2) is 0 Å². The summed E-state index contributed by atoms with van der Waals surface area (Å²) in [6, 6.07) is 5.41. The van der Waals surface area contributed by atoms with Crippen LogP contribution in [0, 0.1) is 18.2 Å². The van der Waals surface area contributed by atoms with E-state index in [0.29, 0.717) is 12.0 Å². The molecule has 1 aromatic rings. The zero-order valence-electron chi connectivity index (χ0n) is 11.4. The minimum atomic E-state index is -0.301. The van der Waals surface area contributed by atoms with Crippen molar-refractivity contribution in [3.05, 3.63) is 34.6 Å². The highest BCUT2D eigenvalue weighted by atomic mass is 35.5. The second-order valence-electron chi connectivity index (χ2n) is 4.66. The molecule has 1 N–H and O–H groups in total. The van der Waals surface area contributed by atoms with Gasteiger partial charge in [0.1, 0.15) is 5.82 Å². The Bertz CT molecular complexity index is 425. The number of unbranched alkanes of at least 4 members (excludes halogenated alkanes) is 1. The lowest BCUT2D eigenvalue weighted by molar-refractivity contribution is 0.459. The van der Waals surface area contributed by atoms with Crippen LogP contribution in [0.15, 0.2) is 18.2 Å². The summed E-state index contributed by atoms with van der Waals surface area (Å²) in [6.45, 7) is 3.05. The molecule has 1 nitrogen and oxygen atoms in total. The van der Waals surface area contributed by atoms with E-state index in [1.807, 2.05) is 0 Å². The van der Waals surface area contributed by atoms with Gasteiger partial charge in [0.25, 0.3) is 0 Å². The molecule has 0 radical (unpaired) electrons. The Morgan fingerprint density at radius 2 is 2.26 bits per heavy atom. The Kier molecular flexibility index (Phi) is 7.55. The van der Waals surface area contributed by atoms with Crippen LogP contribution in [-0.4, -0.2) is 12.6 Å². The predicted octanol–water partition coefficient (Wildman–Crippen LogP) is 4.19. The molecule has 0 bridgehead atoms. The van der Waals surface area contributed by atoms with Gasteiger partial charge in [-0.1, -0.05) is 30.7 Å². The topological polar surface area (TPSA) is 12.0 Å². The van der Waals surface area contributed by atoms with Gasteiger partial charge in [0, 0.05) is 12.5 Å². The third-order valence-corrected chi connectivity index (χ3v) is 3.35. The van der Waals surface area contributed by atoms with Crippen molar-refractivity contribution in [3.63, 3.8) is 0 Å². The van der Waals surface area contributed by atoms with Gasteiger partial charge in [0.2, 0.25) is 0 Å². The first-order valence-electron chi connectivity index (χ1n) is 6.78. The zero-order valence-corrected chi connectivity index (χ0v) is 12.1. The Morgan fingerprint density at radius 1 is 1.47 bits per heavy atom.